The first kappa shape index (κ1) is 8.24. The first-order chi connectivity index (χ1) is 5.11. The maximum Gasteiger partial charge on any atom is 0.319 e. The number of carbonyl (C=O) groups excluding carboxylic acids is 2. The highest BCUT2D eigenvalue weighted by Crippen LogP contribution is 2.31. The molecule has 0 aromatic heterocycles. The van der Waals surface area contributed by atoms with Gasteiger partial charge in [0.05, 0.1) is 6.61 Å². The zero-order valence-corrected chi connectivity index (χ0v) is 6.85. The topological polar surface area (TPSA) is 43.4 Å². The molecule has 0 aliphatic carbocycles. The van der Waals surface area contributed by atoms with Crippen molar-refractivity contribution in [1.29, 1.82) is 0 Å². The van der Waals surface area contributed by atoms with Crippen molar-refractivity contribution < 1.29 is 14.3 Å². The predicted molar refractivity (Wildman–Crippen MR) is 39.0 cm³/mol. The highest BCUT2D eigenvalue weighted by Gasteiger charge is 2.45. The second-order valence-corrected chi connectivity index (χ2v) is 2.99. The zero-order valence-electron chi connectivity index (χ0n) is 6.85. The first-order valence-corrected chi connectivity index (χ1v) is 3.82. The maximum absolute atomic E-state index is 11.2. The van der Waals surface area contributed by atoms with E-state index in [1.165, 1.54) is 0 Å². The molecule has 11 heavy (non-hydrogen) atoms. The van der Waals surface area contributed by atoms with Gasteiger partial charge in [0.25, 0.3) is 0 Å². The lowest BCUT2D eigenvalue weighted by Gasteiger charge is -2.14. The van der Waals surface area contributed by atoms with E-state index in [-0.39, 0.29) is 11.8 Å². The third-order valence-electron chi connectivity index (χ3n) is 2.22. The molecule has 0 saturated carbocycles. The Labute approximate surface area is 65.7 Å². The van der Waals surface area contributed by atoms with Crippen molar-refractivity contribution in [3.63, 3.8) is 0 Å². The van der Waals surface area contributed by atoms with Crippen LogP contribution >= 0.6 is 0 Å². The number of hydrogen-bond acceptors (Lipinski definition) is 3. The normalized spacial score (nSPS) is 30.2. The van der Waals surface area contributed by atoms with Crippen molar-refractivity contribution >= 4 is 11.8 Å². The summed E-state index contributed by atoms with van der Waals surface area (Å²) in [4.78, 5) is 22.3. The molecule has 1 aliphatic heterocycles. The molecule has 0 aromatic rings. The van der Waals surface area contributed by atoms with Crippen LogP contribution in [0.2, 0.25) is 0 Å². The summed E-state index contributed by atoms with van der Waals surface area (Å²) in [6.07, 6.45) is 0.949. The minimum absolute atomic E-state index is 0.0139. The van der Waals surface area contributed by atoms with Gasteiger partial charge in [-0.3, -0.25) is 9.59 Å². The molecular weight excluding hydrogens is 144 g/mol. The van der Waals surface area contributed by atoms with Gasteiger partial charge in [0.1, 0.15) is 11.2 Å². The summed E-state index contributed by atoms with van der Waals surface area (Å²) < 4.78 is 4.73. The van der Waals surface area contributed by atoms with E-state index in [0.29, 0.717) is 19.4 Å². The minimum atomic E-state index is -0.839. The maximum atomic E-state index is 11.2. The van der Waals surface area contributed by atoms with Gasteiger partial charge in [-0.15, -0.1) is 0 Å². The SMILES string of the molecule is CCC(=O)C1(C)CCOC1=O. The van der Waals surface area contributed by atoms with E-state index in [1.807, 2.05) is 0 Å². The largest absolute Gasteiger partial charge is 0.465 e. The predicted octanol–water partition coefficient (Wildman–Crippen LogP) is 0.919. The summed E-state index contributed by atoms with van der Waals surface area (Å²) in [5.74, 6) is -0.371. The molecule has 1 saturated heterocycles. The molecular formula is C8H12O3. The molecule has 62 valence electrons. The van der Waals surface area contributed by atoms with Crippen molar-refractivity contribution in [2.24, 2.45) is 5.41 Å². The Kier molecular flexibility index (Phi) is 1.98. The number of Topliss-reactive ketones (excluding diaryl/α,β-unsaturated/α-hetero) is 1. The Hall–Kier alpha value is -0.860. The number of cyclic esters (lactones) is 1. The first-order valence-electron chi connectivity index (χ1n) is 3.82. The number of hydrogen-bond donors (Lipinski definition) is 0. The van der Waals surface area contributed by atoms with E-state index in [0.717, 1.165) is 0 Å². The quantitative estimate of drug-likeness (QED) is 0.441. The molecule has 0 amide bonds. The summed E-state index contributed by atoms with van der Waals surface area (Å²) in [7, 11) is 0. The lowest BCUT2D eigenvalue weighted by Crippen LogP contribution is -2.31. The third kappa shape index (κ3) is 1.15. The number of ketones is 1. The fourth-order valence-electron chi connectivity index (χ4n) is 1.25. The van der Waals surface area contributed by atoms with Crippen LogP contribution in [-0.4, -0.2) is 18.4 Å². The van der Waals surface area contributed by atoms with Crippen molar-refractivity contribution in [3.8, 4) is 0 Å². The monoisotopic (exact) mass is 156 g/mol. The standard InChI is InChI=1S/C8H12O3/c1-3-6(9)8(2)4-5-11-7(8)10/h3-5H2,1-2H3. The second-order valence-electron chi connectivity index (χ2n) is 2.99. The number of rotatable bonds is 2. The van der Waals surface area contributed by atoms with Gasteiger partial charge in [0.15, 0.2) is 0 Å². The highest BCUT2D eigenvalue weighted by atomic mass is 16.5. The van der Waals surface area contributed by atoms with Crippen LogP contribution in [-0.2, 0) is 14.3 Å². The van der Waals surface area contributed by atoms with Gasteiger partial charge in [-0.2, -0.15) is 0 Å². The highest BCUT2D eigenvalue weighted by molar-refractivity contribution is 6.04. The molecule has 1 heterocycles. The summed E-state index contributed by atoms with van der Waals surface area (Å²) in [6.45, 7) is 3.81. The number of carbonyl (C=O) groups is 2. The smallest absolute Gasteiger partial charge is 0.319 e. The van der Waals surface area contributed by atoms with Crippen LogP contribution in [0.4, 0.5) is 0 Å². The minimum Gasteiger partial charge on any atom is -0.465 e. The summed E-state index contributed by atoms with van der Waals surface area (Å²) >= 11 is 0. The Morgan fingerprint density at radius 3 is 2.73 bits per heavy atom. The lowest BCUT2D eigenvalue weighted by molar-refractivity contribution is -0.150. The van der Waals surface area contributed by atoms with Crippen LogP contribution in [0.3, 0.4) is 0 Å². The van der Waals surface area contributed by atoms with E-state index in [1.54, 1.807) is 13.8 Å². The van der Waals surface area contributed by atoms with Crippen LogP contribution in [0.15, 0.2) is 0 Å². The van der Waals surface area contributed by atoms with Gasteiger partial charge in [-0.1, -0.05) is 6.92 Å². The van der Waals surface area contributed by atoms with E-state index in [9.17, 15) is 9.59 Å². The van der Waals surface area contributed by atoms with Gasteiger partial charge in [0.2, 0.25) is 0 Å². The molecule has 0 aromatic carbocycles. The second kappa shape index (κ2) is 2.64. The molecule has 0 spiro atoms. The number of ether oxygens (including phenoxy) is 1. The van der Waals surface area contributed by atoms with Crippen molar-refractivity contribution in [3.05, 3.63) is 0 Å². The Morgan fingerprint density at radius 2 is 2.36 bits per heavy atom. The molecule has 1 rings (SSSR count). The molecule has 0 radical (unpaired) electrons. The van der Waals surface area contributed by atoms with Gasteiger partial charge in [-0.05, 0) is 6.92 Å². The molecule has 1 unspecified atom stereocenters. The average Bonchev–Trinajstić information content (AvgIpc) is 2.32. The fourth-order valence-corrected chi connectivity index (χ4v) is 1.25. The van der Waals surface area contributed by atoms with E-state index in [2.05, 4.69) is 0 Å². The van der Waals surface area contributed by atoms with Crippen molar-refractivity contribution in [2.45, 2.75) is 26.7 Å². The van der Waals surface area contributed by atoms with Crippen LogP contribution in [0.5, 0.6) is 0 Å². The molecule has 0 bridgehead atoms. The fraction of sp³-hybridized carbons (Fsp3) is 0.750. The van der Waals surface area contributed by atoms with E-state index in [4.69, 9.17) is 4.74 Å². The van der Waals surface area contributed by atoms with Crippen LogP contribution in [0, 0.1) is 5.41 Å². The summed E-state index contributed by atoms with van der Waals surface area (Å²) in [5.41, 5.74) is -0.839. The average molecular weight is 156 g/mol. The van der Waals surface area contributed by atoms with E-state index >= 15 is 0 Å². The lowest BCUT2D eigenvalue weighted by atomic mass is 9.83. The molecule has 0 N–H and O–H groups in total. The molecule has 3 nitrogen and oxygen atoms in total. The van der Waals surface area contributed by atoms with Crippen LogP contribution in [0.25, 0.3) is 0 Å². The van der Waals surface area contributed by atoms with Gasteiger partial charge >= 0.3 is 5.97 Å². The van der Waals surface area contributed by atoms with Crippen molar-refractivity contribution in [1.82, 2.24) is 0 Å². The summed E-state index contributed by atoms with van der Waals surface area (Å²) in [6, 6.07) is 0. The number of esters is 1. The van der Waals surface area contributed by atoms with Crippen LogP contribution < -0.4 is 0 Å². The third-order valence-corrected chi connectivity index (χ3v) is 2.22. The molecule has 1 aliphatic rings. The van der Waals surface area contributed by atoms with Crippen LogP contribution in [0.1, 0.15) is 26.7 Å². The van der Waals surface area contributed by atoms with Gasteiger partial charge in [-0.25, -0.2) is 0 Å². The van der Waals surface area contributed by atoms with Crippen molar-refractivity contribution in [2.75, 3.05) is 6.61 Å². The van der Waals surface area contributed by atoms with Gasteiger partial charge < -0.3 is 4.74 Å². The molecule has 1 fully saturated rings. The molecule has 3 heteroatoms. The Morgan fingerprint density at radius 1 is 1.73 bits per heavy atom. The molecule has 1 atom stereocenters. The van der Waals surface area contributed by atoms with E-state index < -0.39 is 5.41 Å². The van der Waals surface area contributed by atoms with Gasteiger partial charge in [0, 0.05) is 12.8 Å². The zero-order chi connectivity index (χ0) is 8.48. The Bertz CT molecular complexity index is 198. The Balaban J connectivity index is 2.80. The summed E-state index contributed by atoms with van der Waals surface area (Å²) in [5, 5.41) is 0.